The third-order valence-corrected chi connectivity index (χ3v) is 6.96. The first-order valence-corrected chi connectivity index (χ1v) is 13.3. The van der Waals surface area contributed by atoms with Crippen molar-refractivity contribution < 1.29 is 24.3 Å². The van der Waals surface area contributed by atoms with Crippen LogP contribution in [0.15, 0.2) is 76.7 Å². The van der Waals surface area contributed by atoms with Gasteiger partial charge in [0.25, 0.3) is 0 Å². The first-order chi connectivity index (χ1) is 19.4. The number of hydrogen-bond donors (Lipinski definition) is 2. The van der Waals surface area contributed by atoms with E-state index in [1.54, 1.807) is 37.4 Å². The normalized spacial score (nSPS) is 11.0. The standard InChI is InChI=1S/C29H27N5O5S/c1-2-33(18-27(36)31-16-14-28(37)38)29(39)34-25-17-22(40-26-9-4-3-7-20(26)19-35)11-12-23(25)24(32-34)13-10-21-8-5-6-15-30-21/h3-13,15,17,19H,2,14,16,18H2,1H3,(H,31,36)(H,37,38)/b13-10+. The highest BCUT2D eigenvalue weighted by Crippen LogP contribution is 2.33. The van der Waals surface area contributed by atoms with Crippen LogP contribution in [0.25, 0.3) is 23.1 Å². The van der Waals surface area contributed by atoms with Crippen molar-refractivity contribution in [3.63, 3.8) is 0 Å². The molecule has 4 aromatic rings. The Hall–Kier alpha value is -4.77. The number of carbonyl (C=O) groups excluding carboxylic acids is 3. The number of rotatable bonds is 11. The summed E-state index contributed by atoms with van der Waals surface area (Å²) in [5.74, 6) is -1.49. The van der Waals surface area contributed by atoms with Crippen molar-refractivity contribution >= 4 is 59.0 Å². The number of likely N-dealkylation sites (N-methyl/N-ethyl adjacent to an activating group) is 1. The van der Waals surface area contributed by atoms with Crippen LogP contribution in [0, 0.1) is 0 Å². The maximum Gasteiger partial charge on any atom is 0.345 e. The molecule has 0 aliphatic carbocycles. The molecule has 2 aromatic carbocycles. The van der Waals surface area contributed by atoms with Gasteiger partial charge in [-0.25, -0.2) is 4.79 Å². The van der Waals surface area contributed by atoms with E-state index in [-0.39, 0.29) is 26.1 Å². The molecule has 2 aromatic heterocycles. The van der Waals surface area contributed by atoms with Crippen LogP contribution in [-0.4, -0.2) is 68.6 Å². The molecule has 0 saturated carbocycles. The summed E-state index contributed by atoms with van der Waals surface area (Å²) in [7, 11) is 0. The van der Waals surface area contributed by atoms with Crippen molar-refractivity contribution in [2.75, 3.05) is 19.6 Å². The van der Waals surface area contributed by atoms with Gasteiger partial charge in [-0.1, -0.05) is 36.0 Å². The molecule has 2 heterocycles. The molecule has 4 rings (SSSR count). The Morgan fingerprint density at radius 1 is 1.07 bits per heavy atom. The number of nitrogens with zero attached hydrogens (tertiary/aromatic N) is 4. The lowest BCUT2D eigenvalue weighted by Gasteiger charge is -2.20. The average molecular weight is 558 g/mol. The number of aldehydes is 1. The molecule has 0 fully saturated rings. The van der Waals surface area contributed by atoms with Crippen molar-refractivity contribution in [3.05, 3.63) is 83.8 Å². The van der Waals surface area contributed by atoms with Crippen molar-refractivity contribution in [1.29, 1.82) is 0 Å². The summed E-state index contributed by atoms with van der Waals surface area (Å²) in [6.45, 7) is 1.69. The zero-order chi connectivity index (χ0) is 28.5. The van der Waals surface area contributed by atoms with Gasteiger partial charge in [-0.05, 0) is 55.5 Å². The van der Waals surface area contributed by atoms with E-state index in [2.05, 4.69) is 15.4 Å². The summed E-state index contributed by atoms with van der Waals surface area (Å²) in [6.07, 6.45) is 5.84. The van der Waals surface area contributed by atoms with E-state index in [0.717, 1.165) is 27.2 Å². The van der Waals surface area contributed by atoms with E-state index in [1.165, 1.54) is 21.3 Å². The lowest BCUT2D eigenvalue weighted by Crippen LogP contribution is -2.43. The second-order valence-corrected chi connectivity index (χ2v) is 9.73. The molecule has 0 atom stereocenters. The van der Waals surface area contributed by atoms with Gasteiger partial charge in [0.05, 0.1) is 23.3 Å². The van der Waals surface area contributed by atoms with Crippen LogP contribution in [0.3, 0.4) is 0 Å². The van der Waals surface area contributed by atoms with Crippen molar-refractivity contribution in [2.45, 2.75) is 23.1 Å². The maximum atomic E-state index is 13.6. The monoisotopic (exact) mass is 557 g/mol. The molecule has 0 aliphatic rings. The summed E-state index contributed by atoms with van der Waals surface area (Å²) in [5.41, 5.74) is 2.36. The second-order valence-electron chi connectivity index (χ2n) is 8.61. The first kappa shape index (κ1) is 28.2. The van der Waals surface area contributed by atoms with E-state index in [1.807, 2.05) is 48.5 Å². The molecular weight excluding hydrogens is 530 g/mol. The highest BCUT2D eigenvalue weighted by Gasteiger charge is 2.22. The van der Waals surface area contributed by atoms with E-state index >= 15 is 0 Å². The summed E-state index contributed by atoms with van der Waals surface area (Å²) < 4.78 is 1.26. The van der Waals surface area contributed by atoms with Crippen LogP contribution >= 0.6 is 11.8 Å². The van der Waals surface area contributed by atoms with Crippen molar-refractivity contribution in [2.24, 2.45) is 0 Å². The summed E-state index contributed by atoms with van der Waals surface area (Å²) >= 11 is 1.39. The lowest BCUT2D eigenvalue weighted by molar-refractivity contribution is -0.136. The Morgan fingerprint density at radius 2 is 1.88 bits per heavy atom. The number of benzene rings is 2. The minimum Gasteiger partial charge on any atom is -0.481 e. The number of aromatic nitrogens is 3. The Labute approximate surface area is 234 Å². The van der Waals surface area contributed by atoms with Gasteiger partial charge < -0.3 is 15.3 Å². The fourth-order valence-electron chi connectivity index (χ4n) is 3.87. The number of pyridine rings is 1. The van der Waals surface area contributed by atoms with Gasteiger partial charge in [0.2, 0.25) is 5.91 Å². The highest BCUT2D eigenvalue weighted by atomic mass is 32.2. The molecule has 0 saturated heterocycles. The van der Waals surface area contributed by atoms with E-state index < -0.39 is 17.9 Å². The molecular formula is C29H27N5O5S. The Bertz CT molecular complexity index is 1570. The van der Waals surface area contributed by atoms with E-state index in [9.17, 15) is 19.2 Å². The largest absolute Gasteiger partial charge is 0.481 e. The van der Waals surface area contributed by atoms with Crippen molar-refractivity contribution in [3.8, 4) is 0 Å². The van der Waals surface area contributed by atoms with E-state index in [4.69, 9.17) is 5.11 Å². The molecule has 11 heteroatoms. The molecule has 0 aliphatic heterocycles. The smallest absolute Gasteiger partial charge is 0.345 e. The number of carboxylic acids is 1. The van der Waals surface area contributed by atoms with Gasteiger partial charge in [0.15, 0.2) is 6.29 Å². The SMILES string of the molecule is CCN(CC(=O)NCCC(=O)O)C(=O)n1nc(/C=C/c2ccccn2)c2ccc(Sc3ccccc3C=O)cc21. The van der Waals surface area contributed by atoms with Crippen LogP contribution in [0.5, 0.6) is 0 Å². The molecule has 2 amide bonds. The summed E-state index contributed by atoms with van der Waals surface area (Å²) in [4.78, 5) is 55.5. The Balaban J connectivity index is 1.69. The molecule has 0 radical (unpaired) electrons. The first-order valence-electron chi connectivity index (χ1n) is 12.5. The van der Waals surface area contributed by atoms with E-state index in [0.29, 0.717) is 16.8 Å². The molecule has 0 bridgehead atoms. The number of fused-ring (bicyclic) bond motifs is 1. The van der Waals surface area contributed by atoms with Crippen molar-refractivity contribution in [1.82, 2.24) is 25.0 Å². The number of nitrogens with one attached hydrogen (secondary N) is 1. The van der Waals surface area contributed by atoms with Gasteiger partial charge in [-0.3, -0.25) is 19.4 Å². The maximum absolute atomic E-state index is 13.6. The zero-order valence-corrected chi connectivity index (χ0v) is 22.5. The quantitative estimate of drug-likeness (QED) is 0.258. The molecule has 40 heavy (non-hydrogen) atoms. The molecule has 0 unspecified atom stereocenters. The van der Waals surface area contributed by atoms with Crippen LogP contribution in [-0.2, 0) is 9.59 Å². The fraction of sp³-hybridized carbons (Fsp3) is 0.172. The predicted octanol–water partition coefficient (Wildman–Crippen LogP) is 4.45. The van der Waals surface area contributed by atoms with Gasteiger partial charge in [0, 0.05) is 40.0 Å². The second kappa shape index (κ2) is 13.3. The van der Waals surface area contributed by atoms with Gasteiger partial charge in [-0.15, -0.1) is 0 Å². The van der Waals surface area contributed by atoms with Gasteiger partial charge >= 0.3 is 12.0 Å². The third-order valence-electron chi connectivity index (χ3n) is 5.88. The highest BCUT2D eigenvalue weighted by molar-refractivity contribution is 7.99. The fourth-order valence-corrected chi connectivity index (χ4v) is 4.82. The van der Waals surface area contributed by atoms with Crippen LogP contribution < -0.4 is 5.32 Å². The van der Waals surface area contributed by atoms with Gasteiger partial charge in [0.1, 0.15) is 6.54 Å². The topological polar surface area (TPSA) is 134 Å². The summed E-state index contributed by atoms with van der Waals surface area (Å²) in [6, 6.07) is 17.9. The minimum absolute atomic E-state index is 0.0318. The van der Waals surface area contributed by atoms with Gasteiger partial charge in [-0.2, -0.15) is 9.78 Å². The molecule has 0 spiro atoms. The Kier molecular flexibility index (Phi) is 9.42. The van der Waals surface area contributed by atoms with Crippen LogP contribution in [0.2, 0.25) is 0 Å². The zero-order valence-electron chi connectivity index (χ0n) is 21.7. The molecule has 2 N–H and O–H groups in total. The molecule has 10 nitrogen and oxygen atoms in total. The lowest BCUT2D eigenvalue weighted by atomic mass is 10.2. The number of carbonyl (C=O) groups is 4. The minimum atomic E-state index is -1.03. The molecule has 204 valence electrons. The average Bonchev–Trinajstić information content (AvgIpc) is 3.33. The third kappa shape index (κ3) is 7.00. The number of aliphatic carboxylic acids is 1. The predicted molar refractivity (Wildman–Crippen MR) is 152 cm³/mol. The number of amides is 2. The van der Waals surface area contributed by atoms with Crippen LogP contribution in [0.1, 0.15) is 35.1 Å². The Morgan fingerprint density at radius 3 is 2.60 bits per heavy atom. The van der Waals surface area contributed by atoms with Crippen LogP contribution in [0.4, 0.5) is 4.79 Å². The number of carboxylic acid groups (broad SMARTS) is 1. The number of hydrogen-bond acceptors (Lipinski definition) is 7. The summed E-state index contributed by atoms with van der Waals surface area (Å²) in [5, 5.41) is 16.6.